The van der Waals surface area contributed by atoms with Crippen LogP contribution in [0.2, 0.25) is 0 Å². The van der Waals surface area contributed by atoms with Crippen LogP contribution in [0.15, 0.2) is 83.8 Å². The molecule has 1 unspecified atom stereocenters. The van der Waals surface area contributed by atoms with Gasteiger partial charge in [-0.3, -0.25) is 13.9 Å². The van der Waals surface area contributed by atoms with Gasteiger partial charge in [-0.15, -0.1) is 0 Å². The Morgan fingerprint density at radius 2 is 1.61 bits per heavy atom. The summed E-state index contributed by atoms with van der Waals surface area (Å²) in [4.78, 5) is 24.4. The predicted octanol–water partition coefficient (Wildman–Crippen LogP) is 4.35. The molecule has 0 fully saturated rings. The Labute approximate surface area is 194 Å². The van der Waals surface area contributed by atoms with Crippen molar-refractivity contribution in [2.45, 2.75) is 31.2 Å². The highest BCUT2D eigenvalue weighted by Crippen LogP contribution is 2.23. The lowest BCUT2D eigenvalue weighted by Crippen LogP contribution is -2.28. The van der Waals surface area contributed by atoms with Crippen LogP contribution in [0.1, 0.15) is 42.2 Å². The van der Waals surface area contributed by atoms with Crippen molar-refractivity contribution in [2.75, 3.05) is 16.7 Å². The normalized spacial score (nSPS) is 12.0. The van der Waals surface area contributed by atoms with Gasteiger partial charge in [0, 0.05) is 24.7 Å². The van der Waals surface area contributed by atoms with Gasteiger partial charge < -0.3 is 10.6 Å². The van der Waals surface area contributed by atoms with Crippen molar-refractivity contribution in [3.8, 4) is 0 Å². The minimum absolute atomic E-state index is 0.0326. The number of sulfonamides is 1. The summed E-state index contributed by atoms with van der Waals surface area (Å²) in [5.74, 6) is -0.456. The van der Waals surface area contributed by atoms with Crippen LogP contribution in [0.5, 0.6) is 0 Å². The van der Waals surface area contributed by atoms with Gasteiger partial charge in [0.05, 0.1) is 16.6 Å². The molecule has 0 aromatic heterocycles. The molecule has 0 aliphatic heterocycles. The zero-order chi connectivity index (χ0) is 24.0. The minimum atomic E-state index is -3.83. The van der Waals surface area contributed by atoms with Gasteiger partial charge in [0.1, 0.15) is 0 Å². The molecule has 2 amide bonds. The van der Waals surface area contributed by atoms with Crippen LogP contribution in [0, 0.1) is 0 Å². The van der Waals surface area contributed by atoms with E-state index in [2.05, 4.69) is 10.6 Å². The van der Waals surface area contributed by atoms with Crippen molar-refractivity contribution in [2.24, 2.45) is 0 Å². The van der Waals surface area contributed by atoms with Crippen LogP contribution in [0.4, 0.5) is 11.4 Å². The molecule has 0 heterocycles. The molecule has 8 heteroatoms. The standard InChI is InChI=1S/C25H27N3O4S/c1-4-24(29)27-21-15-13-19(14-16-21)18(2)26-25(30)20-9-8-12-23(17-20)33(31,32)28(3)22-10-6-5-7-11-22/h5-18H,4H2,1-3H3,(H,26,30)(H,27,29). The highest BCUT2D eigenvalue weighted by atomic mass is 32.2. The molecule has 0 saturated carbocycles. The van der Waals surface area contributed by atoms with E-state index in [1.807, 2.05) is 25.1 Å². The van der Waals surface area contributed by atoms with Crippen LogP contribution >= 0.6 is 0 Å². The molecule has 0 saturated heterocycles. The topological polar surface area (TPSA) is 95.6 Å². The number of hydrogen-bond donors (Lipinski definition) is 2. The number of rotatable bonds is 8. The first kappa shape index (κ1) is 24.0. The number of carbonyl (C=O) groups excluding carboxylic acids is 2. The van der Waals surface area contributed by atoms with Crippen molar-refractivity contribution < 1.29 is 18.0 Å². The molecule has 7 nitrogen and oxygen atoms in total. The molecule has 172 valence electrons. The summed E-state index contributed by atoms with van der Waals surface area (Å²) in [6.45, 7) is 3.61. The summed E-state index contributed by atoms with van der Waals surface area (Å²) in [7, 11) is -2.35. The highest BCUT2D eigenvalue weighted by molar-refractivity contribution is 7.92. The van der Waals surface area contributed by atoms with E-state index in [9.17, 15) is 18.0 Å². The van der Waals surface area contributed by atoms with Crippen molar-refractivity contribution in [1.29, 1.82) is 0 Å². The number of carbonyl (C=O) groups is 2. The summed E-state index contributed by atoms with van der Waals surface area (Å²) in [5, 5.41) is 5.67. The van der Waals surface area contributed by atoms with Crippen LogP contribution < -0.4 is 14.9 Å². The van der Waals surface area contributed by atoms with E-state index in [0.29, 0.717) is 17.8 Å². The summed E-state index contributed by atoms with van der Waals surface area (Å²) < 4.78 is 27.3. The van der Waals surface area contributed by atoms with Gasteiger partial charge in [-0.25, -0.2) is 8.42 Å². The third-order valence-electron chi connectivity index (χ3n) is 5.24. The molecule has 3 rings (SSSR count). The van der Waals surface area contributed by atoms with Crippen LogP contribution in [0.25, 0.3) is 0 Å². The monoisotopic (exact) mass is 465 g/mol. The average molecular weight is 466 g/mol. The zero-order valence-electron chi connectivity index (χ0n) is 18.8. The zero-order valence-corrected chi connectivity index (χ0v) is 19.6. The first-order chi connectivity index (χ1) is 15.7. The summed E-state index contributed by atoms with van der Waals surface area (Å²) >= 11 is 0. The molecule has 0 bridgehead atoms. The average Bonchev–Trinajstić information content (AvgIpc) is 2.84. The van der Waals surface area contributed by atoms with E-state index in [1.54, 1.807) is 55.5 Å². The fourth-order valence-electron chi connectivity index (χ4n) is 3.20. The predicted molar refractivity (Wildman–Crippen MR) is 130 cm³/mol. The third-order valence-corrected chi connectivity index (χ3v) is 7.02. The second-order valence-electron chi connectivity index (χ2n) is 7.55. The summed E-state index contributed by atoms with van der Waals surface area (Å²) in [5.41, 5.74) is 2.31. The largest absolute Gasteiger partial charge is 0.346 e. The van der Waals surface area contributed by atoms with Gasteiger partial charge in [-0.05, 0) is 55.0 Å². The smallest absolute Gasteiger partial charge is 0.264 e. The Morgan fingerprint density at radius 1 is 0.939 bits per heavy atom. The van der Waals surface area contributed by atoms with E-state index < -0.39 is 10.0 Å². The van der Waals surface area contributed by atoms with Gasteiger partial charge in [-0.1, -0.05) is 43.3 Å². The molecule has 0 spiro atoms. The molecule has 0 aliphatic rings. The molecule has 0 aliphatic carbocycles. The third kappa shape index (κ3) is 5.78. The van der Waals surface area contributed by atoms with Crippen molar-refractivity contribution >= 4 is 33.2 Å². The first-order valence-corrected chi connectivity index (χ1v) is 12.0. The van der Waals surface area contributed by atoms with E-state index >= 15 is 0 Å². The Balaban J connectivity index is 1.73. The van der Waals surface area contributed by atoms with Crippen molar-refractivity contribution in [1.82, 2.24) is 5.32 Å². The SMILES string of the molecule is CCC(=O)Nc1ccc(C(C)NC(=O)c2cccc(S(=O)(=O)N(C)c3ccccc3)c2)cc1. The first-order valence-electron chi connectivity index (χ1n) is 10.6. The maximum Gasteiger partial charge on any atom is 0.264 e. The van der Waals surface area contributed by atoms with Gasteiger partial charge in [0.25, 0.3) is 15.9 Å². The van der Waals surface area contributed by atoms with Crippen LogP contribution in [-0.4, -0.2) is 27.3 Å². The van der Waals surface area contributed by atoms with E-state index in [1.165, 1.54) is 23.5 Å². The molecule has 3 aromatic carbocycles. The molecule has 33 heavy (non-hydrogen) atoms. The maximum atomic E-state index is 13.0. The second-order valence-corrected chi connectivity index (χ2v) is 9.52. The lowest BCUT2D eigenvalue weighted by atomic mass is 10.1. The minimum Gasteiger partial charge on any atom is -0.346 e. The number of anilines is 2. The molecule has 3 aromatic rings. The van der Waals surface area contributed by atoms with E-state index in [4.69, 9.17) is 0 Å². The fourth-order valence-corrected chi connectivity index (χ4v) is 4.44. The number of nitrogens with one attached hydrogen (secondary N) is 2. The fraction of sp³-hybridized carbons (Fsp3) is 0.200. The van der Waals surface area contributed by atoms with Gasteiger partial charge >= 0.3 is 0 Å². The molecule has 2 N–H and O–H groups in total. The van der Waals surface area contributed by atoms with Gasteiger partial charge in [0.15, 0.2) is 0 Å². The number of para-hydroxylation sites is 1. The molecule has 0 radical (unpaired) electrons. The Morgan fingerprint density at radius 3 is 2.24 bits per heavy atom. The lowest BCUT2D eigenvalue weighted by Gasteiger charge is -2.20. The van der Waals surface area contributed by atoms with Gasteiger partial charge in [-0.2, -0.15) is 0 Å². The van der Waals surface area contributed by atoms with Crippen LogP contribution in [-0.2, 0) is 14.8 Å². The second kappa shape index (κ2) is 10.3. The molecular formula is C25H27N3O4S. The Hall–Kier alpha value is -3.65. The number of nitrogens with zero attached hydrogens (tertiary/aromatic N) is 1. The van der Waals surface area contributed by atoms with Gasteiger partial charge in [0.2, 0.25) is 5.91 Å². The van der Waals surface area contributed by atoms with Crippen molar-refractivity contribution in [3.05, 3.63) is 90.0 Å². The lowest BCUT2D eigenvalue weighted by molar-refractivity contribution is -0.115. The Kier molecular flexibility index (Phi) is 7.50. The van der Waals surface area contributed by atoms with E-state index in [-0.39, 0.29) is 28.3 Å². The van der Waals surface area contributed by atoms with E-state index in [0.717, 1.165) is 5.56 Å². The van der Waals surface area contributed by atoms with Crippen LogP contribution in [0.3, 0.4) is 0 Å². The maximum absolute atomic E-state index is 13.0. The Bertz CT molecular complexity index is 1230. The number of hydrogen-bond acceptors (Lipinski definition) is 4. The number of amides is 2. The quantitative estimate of drug-likeness (QED) is 0.517. The number of benzene rings is 3. The molecular weight excluding hydrogens is 438 g/mol. The highest BCUT2D eigenvalue weighted by Gasteiger charge is 2.22. The van der Waals surface area contributed by atoms with Crippen molar-refractivity contribution in [3.63, 3.8) is 0 Å². The summed E-state index contributed by atoms with van der Waals surface area (Å²) in [6, 6.07) is 21.6. The molecule has 1 atom stereocenters. The summed E-state index contributed by atoms with van der Waals surface area (Å²) in [6.07, 6.45) is 0.393.